The highest BCUT2D eigenvalue weighted by Crippen LogP contribution is 1.84. The second kappa shape index (κ2) is 4.38. The highest BCUT2D eigenvalue weighted by Gasteiger charge is 1.84. The Hall–Kier alpha value is -0.780. The molecule has 1 nitrogen and oxygen atoms in total. The van der Waals surface area contributed by atoms with Crippen LogP contribution >= 0.6 is 0 Å². The Kier molecular flexibility index (Phi) is 3.95. The molecule has 0 saturated carbocycles. The smallest absolute Gasteiger partial charge is 0.0975 e. The van der Waals surface area contributed by atoms with Crippen LogP contribution in [-0.2, 0) is 0 Å². The average molecular weight is 110 g/mol. The predicted octanol–water partition coefficient (Wildman–Crippen LogP) is 1.26. The van der Waals surface area contributed by atoms with Crippen LogP contribution in [0, 0.1) is 0 Å². The molecule has 0 aromatic carbocycles. The molecular formula is C7H10O. The van der Waals surface area contributed by atoms with Gasteiger partial charge in [0.05, 0.1) is 6.10 Å². The van der Waals surface area contributed by atoms with E-state index in [-0.39, 0.29) is 0 Å². The van der Waals surface area contributed by atoms with E-state index in [9.17, 15) is 0 Å². The fourth-order valence-corrected chi connectivity index (χ4v) is 0.373. The maximum atomic E-state index is 8.80. The number of aliphatic hydroxyl groups is 1. The van der Waals surface area contributed by atoms with Crippen LogP contribution in [0.5, 0.6) is 0 Å². The zero-order valence-electron chi connectivity index (χ0n) is 4.96. The molecule has 8 heavy (non-hydrogen) atoms. The van der Waals surface area contributed by atoms with Gasteiger partial charge < -0.3 is 5.11 Å². The summed E-state index contributed by atoms with van der Waals surface area (Å²) in [5.41, 5.74) is 2.48. The van der Waals surface area contributed by atoms with E-state index in [4.69, 9.17) is 5.11 Å². The molecule has 1 heteroatoms. The highest BCUT2D eigenvalue weighted by atomic mass is 16.3. The Labute approximate surface area is 49.7 Å². The molecule has 0 aliphatic heterocycles. The summed E-state index contributed by atoms with van der Waals surface area (Å²) in [5, 5.41) is 8.80. The largest absolute Gasteiger partial charge is 0.384 e. The summed E-state index contributed by atoms with van der Waals surface area (Å²) in [5.74, 6) is 0. The molecule has 1 N–H and O–H groups in total. The zero-order chi connectivity index (χ0) is 6.41. The minimum Gasteiger partial charge on any atom is -0.384 e. The lowest BCUT2D eigenvalue weighted by atomic mass is 10.3. The van der Waals surface area contributed by atoms with Gasteiger partial charge in [-0.1, -0.05) is 18.7 Å². The van der Waals surface area contributed by atoms with Gasteiger partial charge in [0.1, 0.15) is 0 Å². The van der Waals surface area contributed by atoms with Crippen LogP contribution in [-0.4, -0.2) is 11.2 Å². The van der Waals surface area contributed by atoms with E-state index in [2.05, 4.69) is 12.3 Å². The third-order valence-corrected chi connectivity index (χ3v) is 0.678. The van der Waals surface area contributed by atoms with Crippen molar-refractivity contribution in [2.24, 2.45) is 0 Å². The molecule has 0 rings (SSSR count). The van der Waals surface area contributed by atoms with Gasteiger partial charge in [-0.25, -0.2) is 0 Å². The quantitative estimate of drug-likeness (QED) is 0.419. The van der Waals surface area contributed by atoms with Crippen molar-refractivity contribution in [1.82, 2.24) is 0 Å². The monoisotopic (exact) mass is 110 g/mol. The van der Waals surface area contributed by atoms with Crippen LogP contribution in [0.15, 0.2) is 30.5 Å². The Morgan fingerprint density at radius 3 is 2.75 bits per heavy atom. The molecule has 44 valence electrons. The molecule has 0 aliphatic rings. The first-order chi connectivity index (χ1) is 3.81. The summed E-state index contributed by atoms with van der Waals surface area (Å²) < 4.78 is 0. The first kappa shape index (κ1) is 7.22. The van der Waals surface area contributed by atoms with Crippen molar-refractivity contribution in [3.8, 4) is 0 Å². The van der Waals surface area contributed by atoms with Gasteiger partial charge in [-0.3, -0.25) is 0 Å². The van der Waals surface area contributed by atoms with Crippen molar-refractivity contribution >= 4 is 0 Å². The van der Waals surface area contributed by atoms with Crippen LogP contribution in [0.4, 0.5) is 0 Å². The molecule has 0 aromatic rings. The Morgan fingerprint density at radius 2 is 2.38 bits per heavy atom. The summed E-state index contributed by atoms with van der Waals surface area (Å²) in [6.45, 7) is 5.16. The number of rotatable bonds is 2. The van der Waals surface area contributed by atoms with E-state index >= 15 is 0 Å². The first-order valence-electron chi connectivity index (χ1n) is 2.48. The summed E-state index contributed by atoms with van der Waals surface area (Å²) in [4.78, 5) is 0. The van der Waals surface area contributed by atoms with Gasteiger partial charge in [0.25, 0.3) is 0 Å². The SMILES string of the molecule is C=C=CC(O)/C=C/C. The summed E-state index contributed by atoms with van der Waals surface area (Å²) in [7, 11) is 0. The van der Waals surface area contributed by atoms with Crippen molar-refractivity contribution in [2.45, 2.75) is 13.0 Å². The predicted molar refractivity (Wildman–Crippen MR) is 34.5 cm³/mol. The minimum absolute atomic E-state index is 0.516. The Balaban J connectivity index is 3.64. The van der Waals surface area contributed by atoms with E-state index in [1.807, 2.05) is 6.92 Å². The van der Waals surface area contributed by atoms with Crippen molar-refractivity contribution in [1.29, 1.82) is 0 Å². The third-order valence-electron chi connectivity index (χ3n) is 0.678. The van der Waals surface area contributed by atoms with Gasteiger partial charge in [-0.15, -0.1) is 5.73 Å². The number of hydrogen-bond donors (Lipinski definition) is 1. The van der Waals surface area contributed by atoms with Crippen LogP contribution < -0.4 is 0 Å². The lowest BCUT2D eigenvalue weighted by Crippen LogP contribution is -1.93. The zero-order valence-corrected chi connectivity index (χ0v) is 4.96. The van der Waals surface area contributed by atoms with Crippen LogP contribution in [0.1, 0.15) is 6.92 Å². The molecule has 1 unspecified atom stereocenters. The van der Waals surface area contributed by atoms with Crippen molar-refractivity contribution in [2.75, 3.05) is 0 Å². The number of aliphatic hydroxyl groups excluding tert-OH is 1. The first-order valence-corrected chi connectivity index (χ1v) is 2.48. The maximum Gasteiger partial charge on any atom is 0.0975 e. The molecule has 0 amide bonds. The normalized spacial score (nSPS) is 13.2. The fraction of sp³-hybridized carbons (Fsp3) is 0.286. The molecule has 0 spiro atoms. The summed E-state index contributed by atoms with van der Waals surface area (Å²) >= 11 is 0. The average Bonchev–Trinajstić information content (AvgIpc) is 1.68. The Morgan fingerprint density at radius 1 is 1.75 bits per heavy atom. The van der Waals surface area contributed by atoms with Crippen LogP contribution in [0.25, 0.3) is 0 Å². The van der Waals surface area contributed by atoms with Gasteiger partial charge in [0.2, 0.25) is 0 Å². The maximum absolute atomic E-state index is 8.80. The van der Waals surface area contributed by atoms with E-state index in [0.29, 0.717) is 0 Å². The molecular weight excluding hydrogens is 100 g/mol. The molecule has 0 aliphatic carbocycles. The van der Waals surface area contributed by atoms with Crippen molar-refractivity contribution in [3.63, 3.8) is 0 Å². The van der Waals surface area contributed by atoms with E-state index in [1.165, 1.54) is 6.08 Å². The molecule has 0 fully saturated rings. The second-order valence-corrected chi connectivity index (χ2v) is 1.39. The summed E-state index contributed by atoms with van der Waals surface area (Å²) in [6, 6.07) is 0. The lowest BCUT2D eigenvalue weighted by Gasteiger charge is -1.90. The van der Waals surface area contributed by atoms with Gasteiger partial charge in [0.15, 0.2) is 0 Å². The molecule has 0 radical (unpaired) electrons. The van der Waals surface area contributed by atoms with E-state index < -0.39 is 6.10 Å². The number of hydrogen-bond acceptors (Lipinski definition) is 1. The van der Waals surface area contributed by atoms with Crippen molar-refractivity contribution < 1.29 is 5.11 Å². The van der Waals surface area contributed by atoms with Gasteiger partial charge >= 0.3 is 0 Å². The van der Waals surface area contributed by atoms with Gasteiger partial charge in [0, 0.05) is 0 Å². The van der Waals surface area contributed by atoms with E-state index in [0.717, 1.165) is 0 Å². The third kappa shape index (κ3) is 3.41. The molecule has 1 atom stereocenters. The Bertz CT molecular complexity index is 118. The van der Waals surface area contributed by atoms with Crippen molar-refractivity contribution in [3.05, 3.63) is 30.5 Å². The summed E-state index contributed by atoms with van der Waals surface area (Å²) in [6.07, 6.45) is 4.40. The molecule has 0 heterocycles. The highest BCUT2D eigenvalue weighted by molar-refractivity contribution is 4.98. The van der Waals surface area contributed by atoms with Gasteiger partial charge in [-0.2, -0.15) is 0 Å². The molecule has 0 aromatic heterocycles. The standard InChI is InChI=1S/C7H10O/c1-3-5-7(8)6-4-2/h4-8H,1H2,2H3/b6-4+. The lowest BCUT2D eigenvalue weighted by molar-refractivity contribution is 0.272. The number of allylic oxidation sites excluding steroid dienone is 1. The molecule has 0 bridgehead atoms. The minimum atomic E-state index is -0.516. The van der Waals surface area contributed by atoms with Crippen LogP contribution in [0.2, 0.25) is 0 Å². The molecule has 0 saturated heterocycles. The topological polar surface area (TPSA) is 20.2 Å². The second-order valence-electron chi connectivity index (χ2n) is 1.39. The fourth-order valence-electron chi connectivity index (χ4n) is 0.373. The van der Waals surface area contributed by atoms with Gasteiger partial charge in [-0.05, 0) is 13.0 Å². The van der Waals surface area contributed by atoms with E-state index in [1.54, 1.807) is 12.2 Å². The van der Waals surface area contributed by atoms with Crippen LogP contribution in [0.3, 0.4) is 0 Å².